The third-order valence-electron chi connectivity index (χ3n) is 5.32. The fourth-order valence-electron chi connectivity index (χ4n) is 3.70. The van der Waals surface area contributed by atoms with Crippen LogP contribution in [-0.4, -0.2) is 41.2 Å². The first kappa shape index (κ1) is 19.9. The normalized spacial score (nSPS) is 14.5. The molecule has 2 aromatic heterocycles. The molecule has 0 spiro atoms. The molecule has 8 nitrogen and oxygen atoms in total. The van der Waals surface area contributed by atoms with Crippen molar-refractivity contribution in [2.45, 2.75) is 26.3 Å². The maximum absolute atomic E-state index is 12.7. The Balaban J connectivity index is 1.35. The summed E-state index contributed by atoms with van der Waals surface area (Å²) in [7, 11) is 1.64. The van der Waals surface area contributed by atoms with Gasteiger partial charge in [0.05, 0.1) is 12.7 Å². The van der Waals surface area contributed by atoms with Crippen LogP contribution in [0.25, 0.3) is 11.4 Å². The number of pyridine rings is 1. The number of carbonyl (C=O) groups is 1. The van der Waals surface area contributed by atoms with Gasteiger partial charge < -0.3 is 19.5 Å². The third-order valence-corrected chi connectivity index (χ3v) is 5.32. The van der Waals surface area contributed by atoms with Gasteiger partial charge in [-0.2, -0.15) is 4.98 Å². The zero-order chi connectivity index (χ0) is 20.9. The summed E-state index contributed by atoms with van der Waals surface area (Å²) in [6, 6.07) is 11.5. The number of hydrogen-bond donors (Lipinski definition) is 1. The maximum atomic E-state index is 12.7. The highest BCUT2D eigenvalue weighted by Crippen LogP contribution is 2.30. The van der Waals surface area contributed by atoms with Crippen molar-refractivity contribution >= 4 is 11.7 Å². The molecule has 8 heteroatoms. The average Bonchev–Trinajstić information content (AvgIpc) is 3.24. The molecule has 1 aromatic carbocycles. The van der Waals surface area contributed by atoms with Crippen molar-refractivity contribution in [1.82, 2.24) is 20.4 Å². The Morgan fingerprint density at radius 3 is 2.83 bits per heavy atom. The van der Waals surface area contributed by atoms with Gasteiger partial charge in [-0.05, 0) is 42.7 Å². The number of anilines is 1. The van der Waals surface area contributed by atoms with Gasteiger partial charge in [0.2, 0.25) is 17.6 Å². The summed E-state index contributed by atoms with van der Waals surface area (Å²) in [4.78, 5) is 23.7. The Morgan fingerprint density at radius 2 is 2.10 bits per heavy atom. The number of rotatable bonds is 6. The summed E-state index contributed by atoms with van der Waals surface area (Å²) >= 11 is 0. The molecule has 4 rings (SSSR count). The molecule has 0 unspecified atom stereocenters. The minimum Gasteiger partial charge on any atom is -0.497 e. The van der Waals surface area contributed by atoms with Crippen LogP contribution in [0.15, 0.2) is 47.1 Å². The number of benzene rings is 1. The number of amides is 1. The number of ether oxygens (including phenoxy) is 1. The van der Waals surface area contributed by atoms with Crippen molar-refractivity contribution in [3.63, 3.8) is 0 Å². The van der Waals surface area contributed by atoms with Gasteiger partial charge in [0, 0.05) is 38.7 Å². The lowest BCUT2D eigenvalue weighted by Gasteiger charge is -2.32. The van der Waals surface area contributed by atoms with E-state index in [0.29, 0.717) is 18.3 Å². The summed E-state index contributed by atoms with van der Waals surface area (Å²) < 4.78 is 10.4. The number of aromatic nitrogens is 3. The first-order valence-electron chi connectivity index (χ1n) is 10.1. The van der Waals surface area contributed by atoms with E-state index < -0.39 is 0 Å². The van der Waals surface area contributed by atoms with E-state index in [1.54, 1.807) is 20.2 Å². The minimum atomic E-state index is -0.00793. The molecule has 0 saturated carbocycles. The van der Waals surface area contributed by atoms with Crippen LogP contribution >= 0.6 is 0 Å². The summed E-state index contributed by atoms with van der Waals surface area (Å²) in [5, 5.41) is 7.08. The summed E-state index contributed by atoms with van der Waals surface area (Å²) in [6.07, 6.45) is 3.30. The van der Waals surface area contributed by atoms with Crippen molar-refractivity contribution in [2.24, 2.45) is 5.92 Å². The molecule has 156 valence electrons. The van der Waals surface area contributed by atoms with Crippen LogP contribution in [0.1, 0.15) is 24.3 Å². The van der Waals surface area contributed by atoms with Crippen molar-refractivity contribution in [2.75, 3.05) is 25.1 Å². The minimum absolute atomic E-state index is 0.00793. The Labute approximate surface area is 175 Å². The summed E-state index contributed by atoms with van der Waals surface area (Å²) in [5.41, 5.74) is 1.86. The number of nitrogens with zero attached hydrogens (tertiary/aromatic N) is 4. The molecule has 3 heterocycles. The van der Waals surface area contributed by atoms with Crippen LogP contribution in [0.5, 0.6) is 5.75 Å². The van der Waals surface area contributed by atoms with Gasteiger partial charge in [0.25, 0.3) is 0 Å². The van der Waals surface area contributed by atoms with E-state index in [-0.39, 0.29) is 11.8 Å². The quantitative estimate of drug-likeness (QED) is 0.671. The number of aryl methyl sites for hydroxylation is 1. The van der Waals surface area contributed by atoms with E-state index in [1.807, 2.05) is 36.4 Å². The Morgan fingerprint density at radius 1 is 1.27 bits per heavy atom. The monoisotopic (exact) mass is 407 g/mol. The Hall–Kier alpha value is -3.42. The van der Waals surface area contributed by atoms with Crippen molar-refractivity contribution in [3.8, 4) is 17.1 Å². The van der Waals surface area contributed by atoms with E-state index in [0.717, 1.165) is 48.6 Å². The number of piperidine rings is 1. The first-order chi connectivity index (χ1) is 14.6. The van der Waals surface area contributed by atoms with Gasteiger partial charge in [-0.25, -0.2) is 4.98 Å². The van der Waals surface area contributed by atoms with Crippen LogP contribution < -0.4 is 15.0 Å². The molecule has 1 N–H and O–H groups in total. The van der Waals surface area contributed by atoms with E-state index >= 15 is 0 Å². The highest BCUT2D eigenvalue weighted by molar-refractivity contribution is 5.79. The van der Waals surface area contributed by atoms with Crippen LogP contribution in [0.4, 0.5) is 5.82 Å². The van der Waals surface area contributed by atoms with Gasteiger partial charge in [-0.3, -0.25) is 4.79 Å². The van der Waals surface area contributed by atoms with Gasteiger partial charge in [-0.15, -0.1) is 0 Å². The smallest absolute Gasteiger partial charge is 0.223 e. The zero-order valence-electron chi connectivity index (χ0n) is 17.2. The van der Waals surface area contributed by atoms with Crippen molar-refractivity contribution in [3.05, 3.63) is 54.0 Å². The Kier molecular flexibility index (Phi) is 5.92. The third kappa shape index (κ3) is 4.42. The molecule has 0 bridgehead atoms. The van der Waals surface area contributed by atoms with Crippen LogP contribution in [0.2, 0.25) is 0 Å². The summed E-state index contributed by atoms with van der Waals surface area (Å²) in [5.74, 6) is 2.76. The lowest BCUT2D eigenvalue weighted by Crippen LogP contribution is -2.40. The number of carbonyl (C=O) groups excluding carboxylic acids is 1. The second-order valence-electron chi connectivity index (χ2n) is 7.34. The second kappa shape index (κ2) is 8.94. The molecule has 30 heavy (non-hydrogen) atoms. The van der Waals surface area contributed by atoms with Crippen LogP contribution in [-0.2, 0) is 11.3 Å². The van der Waals surface area contributed by atoms with Gasteiger partial charge >= 0.3 is 0 Å². The highest BCUT2D eigenvalue weighted by atomic mass is 16.5. The average molecular weight is 407 g/mol. The molecule has 0 radical (unpaired) electrons. The lowest BCUT2D eigenvalue weighted by molar-refractivity contribution is -0.125. The molecule has 0 atom stereocenters. The van der Waals surface area contributed by atoms with Crippen LogP contribution in [0.3, 0.4) is 0 Å². The fraction of sp³-hybridized carbons (Fsp3) is 0.364. The van der Waals surface area contributed by atoms with Gasteiger partial charge in [0.15, 0.2) is 0 Å². The van der Waals surface area contributed by atoms with E-state index in [1.165, 1.54) is 0 Å². The maximum Gasteiger partial charge on any atom is 0.223 e. The second-order valence-corrected chi connectivity index (χ2v) is 7.34. The number of hydrogen-bond acceptors (Lipinski definition) is 7. The lowest BCUT2D eigenvalue weighted by atomic mass is 9.95. The molecule has 1 aliphatic heterocycles. The summed E-state index contributed by atoms with van der Waals surface area (Å²) in [6.45, 7) is 3.76. The van der Waals surface area contributed by atoms with Crippen molar-refractivity contribution < 1.29 is 14.1 Å². The number of nitrogens with one attached hydrogen (secondary N) is 1. The van der Waals surface area contributed by atoms with E-state index in [9.17, 15) is 4.79 Å². The first-order valence-corrected chi connectivity index (χ1v) is 10.1. The number of methoxy groups -OCH3 is 1. The standard InChI is InChI=1S/C22H25N5O3/c1-15-25-20(26-30-15)19-7-4-10-23-21(19)27-11-8-17(9-12-27)22(28)24-14-16-5-3-6-18(13-16)29-2/h3-7,10,13,17H,8-9,11-12,14H2,1-2H3,(H,24,28). The molecule has 1 fully saturated rings. The van der Waals surface area contributed by atoms with E-state index in [4.69, 9.17) is 9.26 Å². The molecular weight excluding hydrogens is 382 g/mol. The van der Waals surface area contributed by atoms with E-state index in [2.05, 4.69) is 25.3 Å². The predicted molar refractivity (Wildman–Crippen MR) is 112 cm³/mol. The van der Waals surface area contributed by atoms with Crippen molar-refractivity contribution in [1.29, 1.82) is 0 Å². The highest BCUT2D eigenvalue weighted by Gasteiger charge is 2.27. The Bertz CT molecular complexity index is 1010. The molecule has 0 aliphatic carbocycles. The van der Waals surface area contributed by atoms with Gasteiger partial charge in [-0.1, -0.05) is 17.3 Å². The molecular formula is C22H25N5O3. The zero-order valence-corrected chi connectivity index (χ0v) is 17.2. The molecule has 1 aliphatic rings. The molecule has 1 saturated heterocycles. The SMILES string of the molecule is COc1cccc(CNC(=O)C2CCN(c3ncccc3-c3noc(C)n3)CC2)c1. The topological polar surface area (TPSA) is 93.4 Å². The van der Waals surface area contributed by atoms with Gasteiger partial charge in [0.1, 0.15) is 11.6 Å². The fourth-order valence-corrected chi connectivity index (χ4v) is 3.70. The van der Waals surface area contributed by atoms with Crippen LogP contribution in [0, 0.1) is 12.8 Å². The molecule has 3 aromatic rings. The largest absolute Gasteiger partial charge is 0.497 e. The molecule has 1 amide bonds. The predicted octanol–water partition coefficient (Wildman–Crippen LogP) is 2.98.